The number of rotatable bonds is 3. The first kappa shape index (κ1) is 13.1. The van der Waals surface area contributed by atoms with Crippen molar-refractivity contribution in [1.29, 1.82) is 0 Å². The van der Waals surface area contributed by atoms with Crippen molar-refractivity contribution in [3.05, 3.63) is 24.3 Å². The fourth-order valence-corrected chi connectivity index (χ4v) is 0.226. The monoisotopic (exact) mass is 229 g/mol. The number of hydrogen-bond donors (Lipinski definition) is 2. The first-order valence-corrected chi connectivity index (χ1v) is 2.27. The third-order valence-electron chi connectivity index (χ3n) is 0.497. The van der Waals surface area contributed by atoms with E-state index in [1.165, 1.54) is 0 Å². The van der Waals surface area contributed by atoms with Gasteiger partial charge < -0.3 is 22.4 Å². The summed E-state index contributed by atoms with van der Waals surface area (Å²) in [5.74, 6) is -2.49. The zero-order valence-corrected chi connectivity index (χ0v) is 8.28. The maximum Gasteiger partial charge on any atom is 0.217 e. The summed E-state index contributed by atoms with van der Waals surface area (Å²) in [6.45, 7) is 0. The minimum Gasteiger partial charge on any atom is -0.493 e. The zero-order valence-electron chi connectivity index (χ0n) is 5.44. The molecule has 57 valence electrons. The maximum absolute atomic E-state index is 9.71. The van der Waals surface area contributed by atoms with Gasteiger partial charge in [0, 0.05) is 32.7 Å². The van der Waals surface area contributed by atoms with Crippen LogP contribution in [-0.4, -0.2) is 22.2 Å². The number of carboxylic acids is 2. The minimum absolute atomic E-state index is 0. The van der Waals surface area contributed by atoms with Crippen LogP contribution in [0.15, 0.2) is 12.2 Å². The van der Waals surface area contributed by atoms with Gasteiger partial charge in [-0.3, -0.25) is 21.7 Å². The summed E-state index contributed by atoms with van der Waals surface area (Å²) in [7, 11) is 0. The van der Waals surface area contributed by atoms with E-state index < -0.39 is 11.9 Å². The summed E-state index contributed by atoms with van der Waals surface area (Å²) in [4.78, 5) is 19.4. The number of allylic oxidation sites excluding steroid dienone is 2. The van der Waals surface area contributed by atoms with E-state index in [0.717, 1.165) is 12.2 Å². The summed E-state index contributed by atoms with van der Waals surface area (Å²) in [5.41, 5.74) is 0. The standard InChI is InChI=1S/C6H4O4.Y/c7-5(8)3-1-2-4-6(9)10;/h1-2H,(H,7,8)(H,9,10);/q-2;. The largest absolute Gasteiger partial charge is 0.493 e. The van der Waals surface area contributed by atoms with E-state index in [9.17, 15) is 9.59 Å². The second-order valence-corrected chi connectivity index (χ2v) is 1.23. The third kappa shape index (κ3) is 12.7. The summed E-state index contributed by atoms with van der Waals surface area (Å²) < 4.78 is 0. The van der Waals surface area contributed by atoms with Gasteiger partial charge >= 0.3 is 0 Å². The normalized spacial score (nSPS) is 9.82. The molecule has 0 saturated heterocycles. The minimum atomic E-state index is -1.25. The number of carboxylic acid groups (broad SMARTS) is 2. The molecule has 0 aromatic heterocycles. The Bertz CT molecular complexity index is 173. The zero-order chi connectivity index (χ0) is 7.98. The average molecular weight is 229 g/mol. The van der Waals surface area contributed by atoms with Crippen LogP contribution in [0.25, 0.3) is 0 Å². The number of hydrogen-bond acceptors (Lipinski definition) is 2. The van der Waals surface area contributed by atoms with E-state index in [1.807, 2.05) is 12.2 Å². The molecule has 0 spiro atoms. The van der Waals surface area contributed by atoms with Crippen LogP contribution in [-0.2, 0) is 42.3 Å². The number of aliphatic carboxylic acids is 2. The molecule has 0 aliphatic heterocycles. The van der Waals surface area contributed by atoms with Crippen molar-refractivity contribution in [2.45, 2.75) is 0 Å². The van der Waals surface area contributed by atoms with Crippen molar-refractivity contribution in [3.63, 3.8) is 0 Å². The second kappa shape index (κ2) is 7.63. The van der Waals surface area contributed by atoms with E-state index >= 15 is 0 Å². The van der Waals surface area contributed by atoms with E-state index in [-0.39, 0.29) is 32.7 Å². The Morgan fingerprint density at radius 3 is 1.45 bits per heavy atom. The Kier molecular flexibility index (Phi) is 9.11. The summed E-state index contributed by atoms with van der Waals surface area (Å²) in [6.07, 6.45) is 5.53. The predicted molar refractivity (Wildman–Crippen MR) is 30.9 cm³/mol. The molecule has 0 aromatic rings. The fourth-order valence-electron chi connectivity index (χ4n) is 0.226. The molecule has 0 bridgehead atoms. The molecule has 0 heterocycles. The molecule has 0 unspecified atom stereocenters. The molecule has 11 heavy (non-hydrogen) atoms. The van der Waals surface area contributed by atoms with Crippen LogP contribution in [0.4, 0.5) is 0 Å². The molecular weight excluding hydrogens is 225 g/mol. The molecule has 2 N–H and O–H groups in total. The molecule has 0 aliphatic carbocycles. The Morgan fingerprint density at radius 2 is 1.27 bits per heavy atom. The van der Waals surface area contributed by atoms with Crippen LogP contribution in [0.1, 0.15) is 0 Å². The smallest absolute Gasteiger partial charge is 0.217 e. The molecule has 5 heteroatoms. The number of carbonyl (C=O) groups is 2. The van der Waals surface area contributed by atoms with Gasteiger partial charge in [-0.05, 0) is 0 Å². The van der Waals surface area contributed by atoms with Gasteiger partial charge in [0.1, 0.15) is 0 Å². The van der Waals surface area contributed by atoms with Gasteiger partial charge in [0.05, 0.1) is 0 Å². The van der Waals surface area contributed by atoms with Crippen LogP contribution < -0.4 is 0 Å². The topological polar surface area (TPSA) is 74.6 Å². The Labute approximate surface area is 88.5 Å². The van der Waals surface area contributed by atoms with E-state index in [2.05, 4.69) is 0 Å². The van der Waals surface area contributed by atoms with E-state index in [4.69, 9.17) is 10.2 Å². The molecule has 0 rings (SSSR count). The molecule has 0 fully saturated rings. The molecular formula is C6H4O4Y-2. The fraction of sp³-hybridized carbons (Fsp3) is 0. The Hall–Kier alpha value is -0.476. The first-order valence-electron chi connectivity index (χ1n) is 2.27. The first-order chi connectivity index (χ1) is 4.63. The summed E-state index contributed by atoms with van der Waals surface area (Å²) >= 11 is 0. The van der Waals surface area contributed by atoms with Gasteiger partial charge in [-0.2, -0.15) is 0 Å². The molecule has 0 saturated carbocycles. The van der Waals surface area contributed by atoms with Crippen LogP contribution in [0.5, 0.6) is 0 Å². The maximum atomic E-state index is 9.71. The second-order valence-electron chi connectivity index (χ2n) is 1.23. The Balaban J connectivity index is 0. The summed E-state index contributed by atoms with van der Waals surface area (Å²) in [5, 5.41) is 15.9. The van der Waals surface area contributed by atoms with Crippen molar-refractivity contribution < 1.29 is 52.5 Å². The molecule has 0 aliphatic rings. The van der Waals surface area contributed by atoms with Crippen molar-refractivity contribution in [2.75, 3.05) is 0 Å². The molecule has 0 atom stereocenters. The summed E-state index contributed by atoms with van der Waals surface area (Å²) in [6, 6.07) is 0. The quantitative estimate of drug-likeness (QED) is 0.401. The van der Waals surface area contributed by atoms with Gasteiger partial charge in [0.25, 0.3) is 0 Å². The van der Waals surface area contributed by atoms with Gasteiger partial charge in [0.15, 0.2) is 0 Å². The molecule has 0 amide bonds. The van der Waals surface area contributed by atoms with Crippen LogP contribution in [0.3, 0.4) is 0 Å². The van der Waals surface area contributed by atoms with Gasteiger partial charge in [0.2, 0.25) is 11.9 Å². The van der Waals surface area contributed by atoms with Crippen molar-refractivity contribution in [2.24, 2.45) is 0 Å². The van der Waals surface area contributed by atoms with Crippen LogP contribution >= 0.6 is 0 Å². The SMILES string of the molecule is O=C(O)[C-]=CC=[C-]C(=O)O.[Y]. The average Bonchev–Trinajstić information content (AvgIpc) is 1.79. The van der Waals surface area contributed by atoms with Crippen molar-refractivity contribution in [3.8, 4) is 0 Å². The van der Waals surface area contributed by atoms with Crippen LogP contribution in [0, 0.1) is 12.2 Å². The van der Waals surface area contributed by atoms with Crippen LogP contribution in [0.2, 0.25) is 0 Å². The molecule has 0 aromatic carbocycles. The van der Waals surface area contributed by atoms with Gasteiger partial charge in [-0.1, -0.05) is 0 Å². The molecule has 4 nitrogen and oxygen atoms in total. The van der Waals surface area contributed by atoms with Crippen molar-refractivity contribution >= 4 is 11.9 Å². The van der Waals surface area contributed by atoms with E-state index in [0.29, 0.717) is 0 Å². The van der Waals surface area contributed by atoms with E-state index in [1.54, 1.807) is 0 Å². The predicted octanol–water partition coefficient (Wildman–Crippen LogP) is -0.128. The van der Waals surface area contributed by atoms with Gasteiger partial charge in [-0.25, -0.2) is 0 Å². The van der Waals surface area contributed by atoms with Crippen molar-refractivity contribution in [1.82, 2.24) is 0 Å². The third-order valence-corrected chi connectivity index (χ3v) is 0.497. The Morgan fingerprint density at radius 1 is 1.00 bits per heavy atom. The van der Waals surface area contributed by atoms with Gasteiger partial charge in [-0.15, -0.1) is 0 Å². The molecule has 1 radical (unpaired) electrons.